The van der Waals surface area contributed by atoms with Crippen LogP contribution in [-0.4, -0.2) is 170 Å². The Labute approximate surface area is 698 Å². The normalized spacial score (nSPS) is 15.0. The Kier molecular flexibility index (Phi) is 44.6. The number of urea groups is 3. The van der Waals surface area contributed by atoms with Gasteiger partial charge in [0.25, 0.3) is 0 Å². The molecule has 638 valence electrons. The minimum atomic E-state index is -2.77. The smallest absolute Gasteiger partial charge is 0.387 e. The molecule has 1 unspecified atom stereocenters. The summed E-state index contributed by atoms with van der Waals surface area (Å²) in [7, 11) is 20.7. The number of pyridine rings is 1. The summed E-state index contributed by atoms with van der Waals surface area (Å²) in [6.07, 6.45) is 15.7. The summed E-state index contributed by atoms with van der Waals surface area (Å²) in [5, 5.41) is 51.2. The lowest BCUT2D eigenvalue weighted by Crippen LogP contribution is -2.43. The number of aryl methyl sites for hydroxylation is 2. The van der Waals surface area contributed by atoms with Gasteiger partial charge in [-0.25, -0.2) is 19.4 Å². The number of amides is 6. The number of alkyl halides is 2. The predicted octanol–water partition coefficient (Wildman–Crippen LogP) is 16.5. The van der Waals surface area contributed by atoms with Gasteiger partial charge in [-0.1, -0.05) is 122 Å². The molecule has 10 aromatic rings. The predicted molar refractivity (Wildman–Crippen MR) is 483 cm³/mol. The van der Waals surface area contributed by atoms with Crippen molar-refractivity contribution in [2.75, 3.05) is 134 Å². The fourth-order valence-corrected chi connectivity index (χ4v) is 13.7. The number of carbonyl (C=O) groups is 3. The van der Waals surface area contributed by atoms with E-state index in [0.717, 1.165) is 145 Å². The number of fused-ring (bicyclic) bond motifs is 2. The summed E-state index contributed by atoms with van der Waals surface area (Å²) in [6, 6.07) is 65.9. The number of carbonyl (C=O) groups excluding carboxylic acids is 3. The molecule has 14 N–H and O–H groups in total. The molecule has 2 saturated carbocycles. The highest BCUT2D eigenvalue weighted by Crippen LogP contribution is 2.33. The van der Waals surface area contributed by atoms with E-state index in [1.807, 2.05) is 219 Å². The van der Waals surface area contributed by atoms with Crippen LogP contribution in [0, 0.1) is 6.92 Å². The number of hydrogen-bond donors (Lipinski definition) is 14. The molecule has 2 aliphatic heterocycles. The number of nitrogens with one attached hydrogen (secondary N) is 14. The van der Waals surface area contributed by atoms with Gasteiger partial charge in [0.15, 0.2) is 5.82 Å². The second-order valence-corrected chi connectivity index (χ2v) is 28.4. The van der Waals surface area contributed by atoms with E-state index in [9.17, 15) is 23.2 Å². The number of ether oxygens (including phenoxy) is 2. The standard InChI is InChI=1S/C15H23N3O.C14H21N3O.C13H19NO.C11H15N3O.C9H11F2NO.C8H9N3.C7H13N3.C7H10N2.C7H9N/c1-16-14-9-5-6-12(10-14)11-17-15(19)18-13-7-3-2-4-8-13;1-15-11-7-9-13(10-8-11)17-14(18)16-12-5-3-2-4-6-12;1-14-9-5-6-11(10-14)12-7-3-4-8-13(12)15-2;1-12-9-3-4-10-8(7-9)5-6-14(10)11(15)13-2;1-12-6-7-4-2-3-5-8(7)13-9(10)11;1-9-8-6-4-2-3-5-7(6)10-11-8;1-3-10-7(6-8-2)4-5-9-10;1-6-4-3-5-7(8-2)9-6;1-8-7-5-3-2-4-6-7/h5-6,9-10,13,16H,2-4,7-8,11H2,1H3,(H2,17,18,19);2-6,11,13,15H,7-10H2,1H3,(H2,16,17,18);3-4,7-8,11H,5-6,9-10H2,1-2H3;3-4,7,12H,5-6H2,1-2H3,(H,13,15);2-5,9,12H,6H2,1H3;2-5H,1H3,(H2,9,10,11);4-5,8H,3,6H2,1-2H3;3-5H,1-2H3,(H,8,9);2-6,8H,1H3. The molecular formula is C91H130F2N20O5. The van der Waals surface area contributed by atoms with Gasteiger partial charge in [0.2, 0.25) is 0 Å². The monoisotopic (exact) mass is 1620 g/mol. The molecule has 0 radical (unpaired) electrons. The number of likely N-dealkylation sites (tertiary alicyclic amines) is 1. The van der Waals surface area contributed by atoms with Gasteiger partial charge in [-0.3, -0.25) is 14.7 Å². The Bertz CT molecular complexity index is 4410. The highest BCUT2D eigenvalue weighted by molar-refractivity contribution is 5.94. The summed E-state index contributed by atoms with van der Waals surface area (Å²) in [4.78, 5) is 43.5. The summed E-state index contributed by atoms with van der Waals surface area (Å²) in [6.45, 7) is 7.37. The van der Waals surface area contributed by atoms with Crippen LogP contribution in [0.3, 0.4) is 0 Å². The molecule has 118 heavy (non-hydrogen) atoms. The van der Waals surface area contributed by atoms with Crippen LogP contribution >= 0.6 is 0 Å². The molecule has 0 spiro atoms. The van der Waals surface area contributed by atoms with E-state index >= 15 is 0 Å². The van der Waals surface area contributed by atoms with Gasteiger partial charge >= 0.3 is 24.7 Å². The number of aromatic amines is 1. The van der Waals surface area contributed by atoms with Crippen molar-refractivity contribution in [1.29, 1.82) is 0 Å². The number of para-hydroxylation sites is 5. The van der Waals surface area contributed by atoms with Crippen LogP contribution in [0.2, 0.25) is 0 Å². The zero-order chi connectivity index (χ0) is 85.1. The molecule has 25 nitrogen and oxygen atoms in total. The molecule has 5 heterocycles. The van der Waals surface area contributed by atoms with E-state index in [0.29, 0.717) is 37.1 Å². The Hall–Kier alpha value is -11.5. The van der Waals surface area contributed by atoms with Crippen molar-refractivity contribution in [3.63, 3.8) is 0 Å². The second kappa shape index (κ2) is 55.2. The summed E-state index contributed by atoms with van der Waals surface area (Å²) in [5.74, 6) is 3.74. The lowest BCUT2D eigenvalue weighted by Gasteiger charge is -2.30. The number of rotatable bonds is 20. The van der Waals surface area contributed by atoms with E-state index in [2.05, 4.69) is 137 Å². The highest BCUT2D eigenvalue weighted by Gasteiger charge is 2.25. The number of nitrogens with zero attached hydrogens (tertiary/aromatic N) is 6. The van der Waals surface area contributed by atoms with Crippen LogP contribution in [0.4, 0.5) is 63.2 Å². The van der Waals surface area contributed by atoms with E-state index in [1.165, 1.54) is 61.5 Å². The first-order valence-electron chi connectivity index (χ1n) is 40.9. The number of likely N-dealkylation sites (N-methyl/N-ethyl adjacent to an activating group) is 1. The van der Waals surface area contributed by atoms with Gasteiger partial charge in [-0.15, -0.1) is 0 Å². The van der Waals surface area contributed by atoms with Crippen molar-refractivity contribution in [3.8, 4) is 11.5 Å². The number of H-pyrrole nitrogens is 1. The molecule has 0 bridgehead atoms. The number of piperidine rings is 1. The van der Waals surface area contributed by atoms with Crippen LogP contribution in [0.25, 0.3) is 10.9 Å². The third-order valence-electron chi connectivity index (χ3n) is 20.0. The quantitative estimate of drug-likeness (QED) is 0.0337. The number of methoxy groups -OCH3 is 1. The van der Waals surface area contributed by atoms with Gasteiger partial charge in [0, 0.05) is 157 Å². The minimum absolute atomic E-state index is 0.0362. The van der Waals surface area contributed by atoms with Crippen molar-refractivity contribution in [2.45, 2.75) is 148 Å². The number of halogens is 2. The summed E-state index contributed by atoms with van der Waals surface area (Å²) < 4.78 is 35.5. The maximum Gasteiger partial charge on any atom is 0.387 e. The van der Waals surface area contributed by atoms with Gasteiger partial charge < -0.3 is 83.5 Å². The molecule has 6 amide bonds. The van der Waals surface area contributed by atoms with Gasteiger partial charge in [-0.2, -0.15) is 19.0 Å². The maximum absolute atomic E-state index is 11.9. The molecular weight excluding hydrogens is 1490 g/mol. The maximum atomic E-state index is 11.9. The van der Waals surface area contributed by atoms with E-state index in [4.69, 9.17) is 4.74 Å². The van der Waals surface area contributed by atoms with Crippen LogP contribution in [0.5, 0.6) is 11.5 Å². The average Bonchev–Trinajstić information content (AvgIpc) is 1.65. The first-order chi connectivity index (χ1) is 57.4. The van der Waals surface area contributed by atoms with E-state index in [-0.39, 0.29) is 23.8 Å². The highest BCUT2D eigenvalue weighted by atomic mass is 19.3. The molecule has 1 saturated heterocycles. The molecule has 7 aromatic carbocycles. The fraction of sp³-hybridized carbons (Fsp3) is 0.407. The fourth-order valence-electron chi connectivity index (χ4n) is 13.7. The first-order valence-corrected chi connectivity index (χ1v) is 40.9. The lowest BCUT2D eigenvalue weighted by atomic mass is 9.90. The number of anilines is 7. The number of hydrogen-bond acceptors (Lipinski definition) is 17. The summed E-state index contributed by atoms with van der Waals surface area (Å²) in [5.41, 5.74) is 12.9. The van der Waals surface area contributed by atoms with Crippen LogP contribution < -0.4 is 83.5 Å². The lowest BCUT2D eigenvalue weighted by molar-refractivity contribution is -0.0505. The molecule has 3 fully saturated rings. The number of aromatic nitrogens is 5. The average molecular weight is 1620 g/mol. The SMILES string of the molecule is CCn1nccc1CNC.CNC(=O)N1CCc2cc(NC)ccc21.CNC1CCC(NC(=O)Nc2ccccc2)CC1.CNCc1ccccc1OC(F)F.CNc1cccc(C)n1.CNc1cccc(CNC(=O)NC2CCCCC2)c1.CNc1ccccc1.CNc1n[nH]c2ccccc12.COc1ccccc1C1CCCN(C)C1. The topological polar surface area (TPSA) is 292 Å². The van der Waals surface area contributed by atoms with Gasteiger partial charge in [0.1, 0.15) is 17.3 Å². The second-order valence-electron chi connectivity index (χ2n) is 28.4. The van der Waals surface area contributed by atoms with Crippen molar-refractivity contribution < 1.29 is 32.6 Å². The Balaban J connectivity index is 0.000000208. The van der Waals surface area contributed by atoms with Crippen molar-refractivity contribution >= 4 is 69.1 Å². The molecule has 4 aliphatic rings. The Morgan fingerprint density at radius 1 is 0.568 bits per heavy atom. The van der Waals surface area contributed by atoms with E-state index in [1.54, 1.807) is 44.3 Å². The third kappa shape index (κ3) is 34.7. The zero-order valence-electron chi connectivity index (χ0n) is 71.4. The molecule has 1 atom stereocenters. The van der Waals surface area contributed by atoms with Crippen molar-refractivity contribution in [2.24, 2.45) is 0 Å². The van der Waals surface area contributed by atoms with Crippen LogP contribution in [-0.2, 0) is 32.6 Å². The summed E-state index contributed by atoms with van der Waals surface area (Å²) >= 11 is 0. The Morgan fingerprint density at radius 3 is 1.81 bits per heavy atom. The Morgan fingerprint density at radius 2 is 1.19 bits per heavy atom. The number of benzene rings is 7. The molecule has 2 aliphatic carbocycles. The van der Waals surface area contributed by atoms with Gasteiger partial charge in [0.05, 0.1) is 18.3 Å². The molecule has 27 heteroatoms. The van der Waals surface area contributed by atoms with Crippen molar-refractivity contribution in [3.05, 3.63) is 240 Å². The molecule has 14 rings (SSSR count). The van der Waals surface area contributed by atoms with Gasteiger partial charge in [-0.05, 0) is 220 Å². The van der Waals surface area contributed by atoms with Crippen molar-refractivity contribution in [1.82, 2.24) is 67.1 Å². The van der Waals surface area contributed by atoms with Crippen LogP contribution in [0.15, 0.2) is 206 Å². The largest absolute Gasteiger partial charge is 0.496 e. The zero-order valence-corrected chi connectivity index (χ0v) is 71.4. The van der Waals surface area contributed by atoms with Crippen LogP contribution in [0.1, 0.15) is 117 Å². The first kappa shape index (κ1) is 95.3. The molecule has 3 aromatic heterocycles. The third-order valence-corrected chi connectivity index (χ3v) is 20.0. The minimum Gasteiger partial charge on any atom is -0.496 e. The van der Waals surface area contributed by atoms with E-state index < -0.39 is 6.61 Å².